The van der Waals surface area contributed by atoms with Crippen molar-refractivity contribution in [1.82, 2.24) is 9.55 Å². The number of aromatic hydroxyl groups is 1. The molecule has 0 aliphatic carbocycles. The first-order valence-electron chi connectivity index (χ1n) is 11.5. The van der Waals surface area contributed by atoms with Crippen LogP contribution in [-0.2, 0) is 6.54 Å². The van der Waals surface area contributed by atoms with Gasteiger partial charge in [-0.1, -0.05) is 53.2 Å². The lowest BCUT2D eigenvalue weighted by atomic mass is 10.0. The summed E-state index contributed by atoms with van der Waals surface area (Å²) in [4.78, 5) is 18.1. The van der Waals surface area contributed by atoms with Gasteiger partial charge < -0.3 is 14.4 Å². The molecule has 1 amide bonds. The second-order valence-corrected chi connectivity index (χ2v) is 9.21. The predicted molar refractivity (Wildman–Crippen MR) is 144 cm³/mol. The maximum Gasteiger partial charge on any atom is 0.296 e. The van der Waals surface area contributed by atoms with E-state index in [1.54, 1.807) is 23.8 Å². The number of azo groups is 1. The highest BCUT2D eigenvalue weighted by Gasteiger charge is 2.19. The Balaban J connectivity index is 1.61. The lowest BCUT2D eigenvalue weighted by molar-refractivity contribution is 0.0996. The van der Waals surface area contributed by atoms with Gasteiger partial charge in [0.25, 0.3) is 5.91 Å². The molecule has 2 aromatic heterocycles. The molecule has 0 fully saturated rings. The highest BCUT2D eigenvalue weighted by Crippen LogP contribution is 2.41. The first-order valence-corrected chi connectivity index (χ1v) is 12.3. The topological polar surface area (TPSA) is 89.1 Å². The fourth-order valence-electron chi connectivity index (χ4n) is 4.25. The summed E-state index contributed by atoms with van der Waals surface area (Å²) in [5, 5.41) is 20.5. The third-order valence-corrected chi connectivity index (χ3v) is 6.52. The van der Waals surface area contributed by atoms with Crippen molar-refractivity contribution in [2.75, 3.05) is 7.11 Å². The molecule has 7 nitrogen and oxygen atoms in total. The number of halogens is 1. The average molecular weight is 543 g/mol. The summed E-state index contributed by atoms with van der Waals surface area (Å²) in [6.45, 7) is 2.63. The van der Waals surface area contributed by atoms with E-state index in [0.717, 1.165) is 22.0 Å². The second kappa shape index (κ2) is 9.91. The van der Waals surface area contributed by atoms with Crippen LogP contribution in [0.2, 0.25) is 0 Å². The van der Waals surface area contributed by atoms with Crippen molar-refractivity contribution in [1.29, 1.82) is 0 Å². The maximum absolute atomic E-state index is 13.4. The molecular formula is C28H23BrN4O3. The van der Waals surface area contributed by atoms with E-state index in [2.05, 4.69) is 26.2 Å². The zero-order chi connectivity index (χ0) is 25.2. The number of aromatic nitrogens is 2. The number of methoxy groups -OCH3 is 1. The molecule has 2 heterocycles. The van der Waals surface area contributed by atoms with Gasteiger partial charge in [0.15, 0.2) is 5.69 Å². The number of aryl methyl sites for hydroxylation is 1. The van der Waals surface area contributed by atoms with Crippen LogP contribution < -0.4 is 4.74 Å². The van der Waals surface area contributed by atoms with Crippen LogP contribution in [0.15, 0.2) is 87.5 Å². The minimum Gasteiger partial charge on any atom is -0.497 e. The largest absolute Gasteiger partial charge is 0.497 e. The van der Waals surface area contributed by atoms with Crippen LogP contribution >= 0.6 is 15.9 Å². The Labute approximate surface area is 216 Å². The smallest absolute Gasteiger partial charge is 0.296 e. The molecule has 0 aliphatic heterocycles. The predicted octanol–water partition coefficient (Wildman–Crippen LogP) is 7.67. The SMILES string of the molecule is CCCn1c(O)c(N=NC(=O)c2cc(-c3ccc(Br)cc3)nc3ccccc23)c2cc(OC)ccc21. The molecule has 0 spiro atoms. The van der Waals surface area contributed by atoms with Crippen molar-refractivity contribution >= 4 is 49.3 Å². The van der Waals surface area contributed by atoms with Crippen LogP contribution in [0.4, 0.5) is 5.69 Å². The van der Waals surface area contributed by atoms with E-state index < -0.39 is 5.91 Å². The number of carbonyl (C=O) groups is 1. The molecule has 36 heavy (non-hydrogen) atoms. The van der Waals surface area contributed by atoms with E-state index >= 15 is 0 Å². The van der Waals surface area contributed by atoms with E-state index in [1.165, 1.54) is 0 Å². The number of rotatable bonds is 6. The number of hydrogen-bond donors (Lipinski definition) is 1. The first-order chi connectivity index (χ1) is 17.5. The van der Waals surface area contributed by atoms with E-state index in [0.29, 0.717) is 39.8 Å². The quantitative estimate of drug-likeness (QED) is 0.223. The number of carbonyl (C=O) groups excluding carboxylic acids is 1. The van der Waals surface area contributed by atoms with Crippen molar-refractivity contribution in [3.05, 3.63) is 82.8 Å². The molecule has 1 N–H and O–H groups in total. The van der Waals surface area contributed by atoms with Gasteiger partial charge in [-0.15, -0.1) is 10.2 Å². The van der Waals surface area contributed by atoms with Crippen LogP contribution in [0.1, 0.15) is 23.7 Å². The minimum absolute atomic E-state index is 0.0354. The number of amides is 1. The number of para-hydroxylation sites is 1. The first kappa shape index (κ1) is 23.7. The molecule has 0 unspecified atom stereocenters. The fraction of sp³-hybridized carbons (Fsp3) is 0.143. The van der Waals surface area contributed by atoms with Crippen LogP contribution in [0.25, 0.3) is 33.1 Å². The Kier molecular flexibility index (Phi) is 6.52. The summed E-state index contributed by atoms with van der Waals surface area (Å²) in [5.41, 5.74) is 3.63. The molecular weight excluding hydrogens is 520 g/mol. The van der Waals surface area contributed by atoms with E-state index in [-0.39, 0.29) is 11.6 Å². The van der Waals surface area contributed by atoms with Gasteiger partial charge in [0.2, 0.25) is 5.88 Å². The van der Waals surface area contributed by atoms with Crippen molar-refractivity contribution in [3.63, 3.8) is 0 Å². The minimum atomic E-state index is -0.523. The molecule has 0 radical (unpaired) electrons. The second-order valence-electron chi connectivity index (χ2n) is 8.29. The number of ether oxygens (including phenoxy) is 1. The Morgan fingerprint density at radius 2 is 1.83 bits per heavy atom. The fourth-order valence-corrected chi connectivity index (χ4v) is 4.51. The van der Waals surface area contributed by atoms with Crippen LogP contribution in [0, 0.1) is 0 Å². The zero-order valence-corrected chi connectivity index (χ0v) is 21.4. The number of fused-ring (bicyclic) bond motifs is 2. The Morgan fingerprint density at radius 1 is 1.06 bits per heavy atom. The van der Waals surface area contributed by atoms with Gasteiger partial charge in [-0.2, -0.15) is 0 Å². The molecule has 180 valence electrons. The monoisotopic (exact) mass is 542 g/mol. The molecule has 0 saturated carbocycles. The highest BCUT2D eigenvalue weighted by atomic mass is 79.9. The molecule has 8 heteroatoms. The summed E-state index contributed by atoms with van der Waals surface area (Å²) < 4.78 is 8.07. The number of pyridine rings is 1. The molecule has 5 aromatic rings. The lowest BCUT2D eigenvalue weighted by Crippen LogP contribution is -1.99. The van der Waals surface area contributed by atoms with Gasteiger partial charge in [-0.25, -0.2) is 4.98 Å². The molecule has 0 saturated heterocycles. The van der Waals surface area contributed by atoms with E-state index in [1.807, 2.05) is 67.6 Å². The van der Waals surface area contributed by atoms with E-state index in [9.17, 15) is 9.90 Å². The highest BCUT2D eigenvalue weighted by molar-refractivity contribution is 9.10. The van der Waals surface area contributed by atoms with Crippen LogP contribution in [-0.4, -0.2) is 27.7 Å². The average Bonchev–Trinajstić information content (AvgIpc) is 3.16. The summed E-state index contributed by atoms with van der Waals surface area (Å²) in [6.07, 6.45) is 0.820. The molecule has 0 aliphatic rings. The van der Waals surface area contributed by atoms with Crippen molar-refractivity contribution in [2.45, 2.75) is 19.9 Å². The zero-order valence-electron chi connectivity index (χ0n) is 19.8. The Bertz CT molecular complexity index is 1620. The Morgan fingerprint density at radius 3 is 2.58 bits per heavy atom. The summed E-state index contributed by atoms with van der Waals surface area (Å²) in [7, 11) is 1.58. The summed E-state index contributed by atoms with van der Waals surface area (Å²) >= 11 is 3.45. The standard InChI is InChI=1S/C28H23BrN4O3/c1-3-14-33-25-13-12-19(36-2)15-22(25)26(28(33)35)31-32-27(34)21-16-24(17-8-10-18(29)11-9-17)30-23-7-5-4-6-20(21)23/h4-13,15-16,35H,3,14H2,1-2H3. The maximum atomic E-state index is 13.4. The van der Waals surface area contributed by atoms with Crippen molar-refractivity contribution < 1.29 is 14.6 Å². The van der Waals surface area contributed by atoms with Gasteiger partial charge in [-0.3, -0.25) is 4.79 Å². The number of benzene rings is 3. The van der Waals surface area contributed by atoms with Gasteiger partial charge in [0, 0.05) is 27.4 Å². The van der Waals surface area contributed by atoms with Crippen LogP contribution in [0.5, 0.6) is 11.6 Å². The lowest BCUT2D eigenvalue weighted by Gasteiger charge is -2.07. The van der Waals surface area contributed by atoms with Gasteiger partial charge >= 0.3 is 0 Å². The summed E-state index contributed by atoms with van der Waals surface area (Å²) in [5.74, 6) is 0.0654. The van der Waals surface area contributed by atoms with Crippen molar-refractivity contribution in [2.24, 2.45) is 10.2 Å². The van der Waals surface area contributed by atoms with E-state index in [4.69, 9.17) is 9.72 Å². The Hall–Kier alpha value is -4.04. The molecule has 0 atom stereocenters. The normalized spacial score (nSPS) is 11.5. The third-order valence-electron chi connectivity index (χ3n) is 5.99. The molecule has 0 bridgehead atoms. The molecule has 3 aromatic carbocycles. The third kappa shape index (κ3) is 4.35. The van der Waals surface area contributed by atoms with Crippen LogP contribution in [0.3, 0.4) is 0 Å². The number of hydrogen-bond acceptors (Lipinski definition) is 5. The van der Waals surface area contributed by atoms with Gasteiger partial charge in [0.1, 0.15) is 5.75 Å². The van der Waals surface area contributed by atoms with Gasteiger partial charge in [0.05, 0.1) is 29.4 Å². The summed E-state index contributed by atoms with van der Waals surface area (Å²) in [6, 6.07) is 22.4. The van der Waals surface area contributed by atoms with Gasteiger partial charge in [-0.05, 0) is 48.9 Å². The molecule has 5 rings (SSSR count). The van der Waals surface area contributed by atoms with Crippen molar-refractivity contribution in [3.8, 4) is 22.9 Å². The number of nitrogens with zero attached hydrogens (tertiary/aromatic N) is 4.